The van der Waals surface area contributed by atoms with E-state index >= 15 is 0 Å². The second-order valence-corrected chi connectivity index (χ2v) is 10.1. The molecule has 0 atom stereocenters. The number of piperazine rings is 1. The van der Waals surface area contributed by atoms with Crippen LogP contribution in [0, 0.1) is 5.82 Å². The van der Waals surface area contributed by atoms with E-state index in [-0.39, 0.29) is 29.7 Å². The van der Waals surface area contributed by atoms with Crippen LogP contribution in [0.4, 0.5) is 15.8 Å². The molecule has 0 saturated carbocycles. The van der Waals surface area contributed by atoms with E-state index in [1.54, 1.807) is 53.1 Å². The predicted octanol–water partition coefficient (Wildman–Crippen LogP) is 2.80. The molecule has 2 heterocycles. The molecule has 0 radical (unpaired) electrons. The summed E-state index contributed by atoms with van der Waals surface area (Å²) in [6.45, 7) is 3.44. The van der Waals surface area contributed by atoms with Crippen LogP contribution in [-0.4, -0.2) is 57.1 Å². The molecule has 1 amide bonds. The van der Waals surface area contributed by atoms with Gasteiger partial charge in [0.1, 0.15) is 5.82 Å². The first-order valence-electron chi connectivity index (χ1n) is 9.42. The number of para-hydroxylation sites is 1. The number of sulfonamides is 1. The van der Waals surface area contributed by atoms with Gasteiger partial charge in [0.05, 0.1) is 16.3 Å². The van der Waals surface area contributed by atoms with Crippen molar-refractivity contribution < 1.29 is 17.6 Å². The molecule has 0 aromatic heterocycles. The van der Waals surface area contributed by atoms with Crippen LogP contribution in [0.15, 0.2) is 52.3 Å². The normalized spacial score (nSPS) is 17.9. The molecule has 2 aromatic rings. The van der Waals surface area contributed by atoms with Crippen LogP contribution in [-0.2, 0) is 14.8 Å². The summed E-state index contributed by atoms with van der Waals surface area (Å²) in [6.07, 6.45) is 0. The molecule has 0 spiro atoms. The third-order valence-corrected chi connectivity index (χ3v) is 8.18. The SMILES string of the molecule is CC(=O)N1CCSc2ccc(S(=O)(=O)N3CCN(c4ccccc4F)CC3)cc21. The molecule has 1 saturated heterocycles. The molecule has 2 aliphatic heterocycles. The second kappa shape index (κ2) is 7.97. The standard InChI is InChI=1S/C20H22FN3O3S2/c1-15(25)24-12-13-28-20-7-6-16(14-19(20)24)29(26,27)23-10-8-22(9-11-23)18-5-3-2-4-17(18)21/h2-7,14H,8-13H2,1H3. The summed E-state index contributed by atoms with van der Waals surface area (Å²) in [5, 5.41) is 0. The second-order valence-electron chi connectivity index (χ2n) is 6.99. The van der Waals surface area contributed by atoms with E-state index < -0.39 is 10.0 Å². The molecule has 29 heavy (non-hydrogen) atoms. The van der Waals surface area contributed by atoms with Crippen molar-refractivity contribution in [2.24, 2.45) is 0 Å². The van der Waals surface area contributed by atoms with Crippen LogP contribution in [0.5, 0.6) is 0 Å². The highest BCUT2D eigenvalue weighted by Gasteiger charge is 2.31. The Morgan fingerprint density at radius 2 is 1.72 bits per heavy atom. The Hall–Kier alpha value is -2.10. The minimum atomic E-state index is -3.69. The summed E-state index contributed by atoms with van der Waals surface area (Å²) >= 11 is 1.62. The Kier molecular flexibility index (Phi) is 5.54. The Morgan fingerprint density at radius 3 is 2.41 bits per heavy atom. The van der Waals surface area contributed by atoms with Crippen molar-refractivity contribution >= 4 is 39.1 Å². The number of benzene rings is 2. The van der Waals surface area contributed by atoms with Crippen molar-refractivity contribution in [3.05, 3.63) is 48.3 Å². The maximum absolute atomic E-state index is 14.0. The number of amides is 1. The highest BCUT2D eigenvalue weighted by molar-refractivity contribution is 7.99. The lowest BCUT2D eigenvalue weighted by Crippen LogP contribution is -2.49. The predicted molar refractivity (Wildman–Crippen MR) is 113 cm³/mol. The highest BCUT2D eigenvalue weighted by atomic mass is 32.2. The Balaban J connectivity index is 1.55. The first-order valence-corrected chi connectivity index (χ1v) is 11.8. The van der Waals surface area contributed by atoms with Crippen molar-refractivity contribution in [3.8, 4) is 0 Å². The van der Waals surface area contributed by atoms with E-state index in [1.807, 2.05) is 4.90 Å². The number of fused-ring (bicyclic) bond motifs is 1. The van der Waals surface area contributed by atoms with Gasteiger partial charge in [-0.05, 0) is 30.3 Å². The van der Waals surface area contributed by atoms with Gasteiger partial charge < -0.3 is 9.80 Å². The van der Waals surface area contributed by atoms with Gasteiger partial charge in [0.2, 0.25) is 15.9 Å². The minimum Gasteiger partial charge on any atom is -0.367 e. The third-order valence-electron chi connectivity index (χ3n) is 5.24. The Labute approximate surface area is 174 Å². The van der Waals surface area contributed by atoms with Gasteiger partial charge in [-0.15, -0.1) is 11.8 Å². The van der Waals surface area contributed by atoms with E-state index in [0.717, 1.165) is 10.6 Å². The highest BCUT2D eigenvalue weighted by Crippen LogP contribution is 2.37. The topological polar surface area (TPSA) is 60.9 Å². The lowest BCUT2D eigenvalue weighted by molar-refractivity contribution is -0.116. The molecule has 6 nitrogen and oxygen atoms in total. The molecule has 4 rings (SSSR count). The monoisotopic (exact) mass is 435 g/mol. The van der Waals surface area contributed by atoms with Crippen LogP contribution < -0.4 is 9.80 Å². The van der Waals surface area contributed by atoms with Crippen molar-refractivity contribution in [1.82, 2.24) is 4.31 Å². The number of hydrogen-bond donors (Lipinski definition) is 0. The average Bonchev–Trinajstić information content (AvgIpc) is 2.73. The minimum absolute atomic E-state index is 0.0976. The van der Waals surface area contributed by atoms with Crippen molar-refractivity contribution in [2.75, 3.05) is 48.3 Å². The fourth-order valence-electron chi connectivity index (χ4n) is 3.71. The summed E-state index contributed by atoms with van der Waals surface area (Å²) in [5.74, 6) is 0.386. The number of hydrogen-bond acceptors (Lipinski definition) is 5. The van der Waals surface area contributed by atoms with E-state index in [0.29, 0.717) is 31.0 Å². The van der Waals surface area contributed by atoms with Gasteiger partial charge in [0.25, 0.3) is 0 Å². The van der Waals surface area contributed by atoms with Crippen molar-refractivity contribution in [3.63, 3.8) is 0 Å². The summed E-state index contributed by atoms with van der Waals surface area (Å²) < 4.78 is 41.8. The number of thioether (sulfide) groups is 1. The zero-order valence-corrected chi connectivity index (χ0v) is 17.7. The van der Waals surface area contributed by atoms with Gasteiger partial charge in [-0.2, -0.15) is 4.31 Å². The largest absolute Gasteiger partial charge is 0.367 e. The quantitative estimate of drug-likeness (QED) is 0.742. The first-order chi connectivity index (χ1) is 13.9. The molecule has 154 valence electrons. The van der Waals surface area contributed by atoms with E-state index in [1.165, 1.54) is 17.3 Å². The third kappa shape index (κ3) is 3.86. The lowest BCUT2D eigenvalue weighted by Gasteiger charge is -2.35. The maximum atomic E-state index is 14.0. The maximum Gasteiger partial charge on any atom is 0.243 e. The lowest BCUT2D eigenvalue weighted by atomic mass is 10.2. The molecule has 1 fully saturated rings. The molecule has 0 bridgehead atoms. The van der Waals surface area contributed by atoms with Crippen molar-refractivity contribution in [1.29, 1.82) is 0 Å². The smallest absolute Gasteiger partial charge is 0.243 e. The van der Waals surface area contributed by atoms with Gasteiger partial charge in [0.15, 0.2) is 0 Å². The van der Waals surface area contributed by atoms with Crippen LogP contribution in [0.2, 0.25) is 0 Å². The number of halogens is 1. The van der Waals surface area contributed by atoms with Gasteiger partial charge in [-0.3, -0.25) is 4.79 Å². The van der Waals surface area contributed by atoms with E-state index in [2.05, 4.69) is 0 Å². The van der Waals surface area contributed by atoms with Crippen molar-refractivity contribution in [2.45, 2.75) is 16.7 Å². The van der Waals surface area contributed by atoms with Crippen LogP contribution in [0.3, 0.4) is 0 Å². The molecule has 9 heteroatoms. The Morgan fingerprint density at radius 1 is 1.00 bits per heavy atom. The Bertz CT molecular complexity index is 1040. The summed E-state index contributed by atoms with van der Waals surface area (Å²) in [7, 11) is -3.69. The molecule has 2 aliphatic rings. The van der Waals surface area contributed by atoms with Crippen LogP contribution in [0.1, 0.15) is 6.92 Å². The summed E-state index contributed by atoms with van der Waals surface area (Å²) in [6, 6.07) is 11.5. The van der Waals surface area contributed by atoms with Gasteiger partial charge in [0, 0.05) is 50.3 Å². The van der Waals surface area contributed by atoms with Crippen LogP contribution >= 0.6 is 11.8 Å². The molecule has 0 N–H and O–H groups in total. The molecule has 0 aliphatic carbocycles. The van der Waals surface area contributed by atoms with E-state index in [4.69, 9.17) is 0 Å². The number of anilines is 2. The van der Waals surface area contributed by atoms with Gasteiger partial charge >= 0.3 is 0 Å². The molecular formula is C20H22FN3O3S2. The van der Waals surface area contributed by atoms with E-state index in [9.17, 15) is 17.6 Å². The molecule has 0 unspecified atom stereocenters. The fraction of sp³-hybridized carbons (Fsp3) is 0.350. The average molecular weight is 436 g/mol. The van der Waals surface area contributed by atoms with Crippen LogP contribution in [0.25, 0.3) is 0 Å². The zero-order valence-electron chi connectivity index (χ0n) is 16.0. The number of nitrogens with zero attached hydrogens (tertiary/aromatic N) is 3. The summed E-state index contributed by atoms with van der Waals surface area (Å²) in [5.41, 5.74) is 1.15. The number of carbonyl (C=O) groups is 1. The number of carbonyl (C=O) groups excluding carboxylic acids is 1. The molecular weight excluding hydrogens is 413 g/mol. The molecule has 2 aromatic carbocycles. The van der Waals surface area contributed by atoms with Gasteiger partial charge in [-0.1, -0.05) is 12.1 Å². The summed E-state index contributed by atoms with van der Waals surface area (Å²) in [4.78, 5) is 16.5. The fourth-order valence-corrected chi connectivity index (χ4v) is 6.13. The van der Waals surface area contributed by atoms with Gasteiger partial charge in [-0.25, -0.2) is 12.8 Å². The zero-order chi connectivity index (χ0) is 20.6. The first kappa shape index (κ1) is 20.2. The number of rotatable bonds is 3.